The van der Waals surface area contributed by atoms with Crippen molar-refractivity contribution in [2.45, 2.75) is 40.5 Å². The first-order chi connectivity index (χ1) is 16.8. The molecule has 0 unspecified atom stereocenters. The average molecular weight is 485 g/mol. The summed E-state index contributed by atoms with van der Waals surface area (Å²) in [6, 6.07) is 22.8. The van der Waals surface area contributed by atoms with E-state index in [4.69, 9.17) is 11.6 Å². The molecule has 4 nitrogen and oxygen atoms in total. The maximum Gasteiger partial charge on any atom is 0.261 e. The van der Waals surface area contributed by atoms with E-state index in [2.05, 4.69) is 19.2 Å². The zero-order valence-electron chi connectivity index (χ0n) is 20.5. The van der Waals surface area contributed by atoms with Gasteiger partial charge in [0.25, 0.3) is 5.91 Å². The molecule has 1 aromatic heterocycles. The second kappa shape index (κ2) is 10.3. The van der Waals surface area contributed by atoms with Crippen molar-refractivity contribution in [3.8, 4) is 16.9 Å². The predicted molar refractivity (Wildman–Crippen MR) is 145 cm³/mol. The standard InChI is InChI=1S/C30H29ClN2O2/c1-5-21-11-8-12-22(6-2)28(21)32-30(35)27-26(34)17-20(4)33(25-15-9-14-24(31)18-25)29(27)23-13-7-10-19(3)16-23/h7-18H,5-6H2,1-4H3,(H,32,35). The average Bonchev–Trinajstić information content (AvgIpc) is 2.83. The Morgan fingerprint density at radius 3 is 2.17 bits per heavy atom. The van der Waals surface area contributed by atoms with Gasteiger partial charge in [0.1, 0.15) is 5.56 Å². The lowest BCUT2D eigenvalue weighted by atomic mass is 9.99. The molecule has 3 aromatic carbocycles. The van der Waals surface area contributed by atoms with Gasteiger partial charge in [0, 0.05) is 28.2 Å². The van der Waals surface area contributed by atoms with Gasteiger partial charge in [0.15, 0.2) is 5.43 Å². The summed E-state index contributed by atoms with van der Waals surface area (Å²) >= 11 is 6.32. The first-order valence-electron chi connectivity index (χ1n) is 11.9. The van der Waals surface area contributed by atoms with Crippen LogP contribution in [0.2, 0.25) is 5.02 Å². The monoisotopic (exact) mass is 484 g/mol. The van der Waals surface area contributed by atoms with E-state index in [1.807, 2.05) is 79.1 Å². The third-order valence-electron chi connectivity index (χ3n) is 6.22. The number of hydrogen-bond donors (Lipinski definition) is 1. The molecular formula is C30H29ClN2O2. The fourth-order valence-corrected chi connectivity index (χ4v) is 4.73. The maximum absolute atomic E-state index is 13.9. The Morgan fingerprint density at radius 1 is 0.886 bits per heavy atom. The fraction of sp³-hybridized carbons (Fsp3) is 0.200. The van der Waals surface area contributed by atoms with Gasteiger partial charge < -0.3 is 9.88 Å². The Morgan fingerprint density at radius 2 is 1.54 bits per heavy atom. The Balaban J connectivity index is 2.00. The number of pyridine rings is 1. The maximum atomic E-state index is 13.9. The molecule has 0 aliphatic heterocycles. The van der Waals surface area contributed by atoms with Crippen molar-refractivity contribution in [2.24, 2.45) is 0 Å². The second-order valence-electron chi connectivity index (χ2n) is 8.67. The van der Waals surface area contributed by atoms with Gasteiger partial charge >= 0.3 is 0 Å². The summed E-state index contributed by atoms with van der Waals surface area (Å²) in [6.45, 7) is 7.97. The van der Waals surface area contributed by atoms with Crippen molar-refractivity contribution in [1.82, 2.24) is 4.57 Å². The molecule has 4 aromatic rings. The number of benzene rings is 3. The molecule has 1 N–H and O–H groups in total. The van der Waals surface area contributed by atoms with Crippen LogP contribution in [0, 0.1) is 13.8 Å². The number of carbonyl (C=O) groups excluding carboxylic acids is 1. The number of aromatic nitrogens is 1. The number of hydrogen-bond acceptors (Lipinski definition) is 2. The highest BCUT2D eigenvalue weighted by Crippen LogP contribution is 2.30. The summed E-state index contributed by atoms with van der Waals surface area (Å²) in [7, 11) is 0. The first kappa shape index (κ1) is 24.5. The number of nitrogens with one attached hydrogen (secondary N) is 1. The van der Waals surface area contributed by atoms with E-state index in [0.717, 1.165) is 46.5 Å². The number of aryl methyl sites for hydroxylation is 4. The summed E-state index contributed by atoms with van der Waals surface area (Å²) in [4.78, 5) is 27.3. The zero-order valence-corrected chi connectivity index (χ0v) is 21.2. The molecule has 35 heavy (non-hydrogen) atoms. The minimum atomic E-state index is -0.419. The van der Waals surface area contributed by atoms with Crippen LogP contribution in [0.5, 0.6) is 0 Å². The lowest BCUT2D eigenvalue weighted by molar-refractivity contribution is 0.102. The van der Waals surface area contributed by atoms with Gasteiger partial charge in [0.05, 0.1) is 5.69 Å². The third kappa shape index (κ3) is 4.94. The lowest BCUT2D eigenvalue weighted by Gasteiger charge is -2.22. The third-order valence-corrected chi connectivity index (χ3v) is 6.46. The molecule has 0 aliphatic carbocycles. The summed E-state index contributed by atoms with van der Waals surface area (Å²) in [6.07, 6.45) is 1.55. The van der Waals surface area contributed by atoms with E-state index < -0.39 is 5.91 Å². The molecule has 0 saturated heterocycles. The SMILES string of the molecule is CCc1cccc(CC)c1NC(=O)c1c(-c2cccc(C)c2)n(-c2cccc(Cl)c2)c(C)cc1=O. The number of nitrogens with zero attached hydrogens (tertiary/aromatic N) is 1. The van der Waals surface area contributed by atoms with Crippen molar-refractivity contribution < 1.29 is 4.79 Å². The van der Waals surface area contributed by atoms with Crippen molar-refractivity contribution in [3.63, 3.8) is 0 Å². The van der Waals surface area contributed by atoms with Crippen LogP contribution in [-0.2, 0) is 12.8 Å². The van der Waals surface area contributed by atoms with Crippen LogP contribution in [0.25, 0.3) is 16.9 Å². The van der Waals surface area contributed by atoms with Gasteiger partial charge in [-0.1, -0.05) is 73.5 Å². The van der Waals surface area contributed by atoms with Crippen LogP contribution < -0.4 is 10.7 Å². The zero-order chi connectivity index (χ0) is 25.1. The van der Waals surface area contributed by atoms with E-state index in [9.17, 15) is 9.59 Å². The van der Waals surface area contributed by atoms with Gasteiger partial charge in [-0.15, -0.1) is 0 Å². The van der Waals surface area contributed by atoms with E-state index in [0.29, 0.717) is 16.4 Å². The smallest absolute Gasteiger partial charge is 0.261 e. The predicted octanol–water partition coefficient (Wildman–Crippen LogP) is 7.15. The number of amides is 1. The van der Waals surface area contributed by atoms with Crippen molar-refractivity contribution in [3.05, 3.63) is 116 Å². The minimum Gasteiger partial charge on any atom is -0.321 e. The van der Waals surface area contributed by atoms with Gasteiger partial charge in [-0.2, -0.15) is 0 Å². The molecule has 1 amide bonds. The number of rotatable bonds is 6. The number of anilines is 1. The van der Waals surface area contributed by atoms with E-state index in [-0.39, 0.29) is 11.0 Å². The fourth-order valence-electron chi connectivity index (χ4n) is 4.54. The topological polar surface area (TPSA) is 51.1 Å². The van der Waals surface area contributed by atoms with E-state index in [1.54, 1.807) is 6.07 Å². The second-order valence-corrected chi connectivity index (χ2v) is 9.11. The summed E-state index contributed by atoms with van der Waals surface area (Å²) < 4.78 is 1.93. The quantitative estimate of drug-likeness (QED) is 0.316. The molecule has 1 heterocycles. The highest BCUT2D eigenvalue weighted by atomic mass is 35.5. The Hall–Kier alpha value is -3.63. The molecule has 4 rings (SSSR count). The van der Waals surface area contributed by atoms with E-state index >= 15 is 0 Å². The minimum absolute atomic E-state index is 0.106. The van der Waals surface area contributed by atoms with Crippen molar-refractivity contribution >= 4 is 23.2 Å². The molecule has 0 radical (unpaired) electrons. The Kier molecular flexibility index (Phi) is 7.23. The summed E-state index contributed by atoms with van der Waals surface area (Å²) in [5, 5.41) is 3.67. The number of halogens is 1. The van der Waals surface area contributed by atoms with Crippen LogP contribution >= 0.6 is 11.6 Å². The van der Waals surface area contributed by atoms with Crippen molar-refractivity contribution in [2.75, 3.05) is 5.32 Å². The number of para-hydroxylation sites is 1. The highest BCUT2D eigenvalue weighted by Gasteiger charge is 2.24. The normalized spacial score (nSPS) is 10.9. The van der Waals surface area contributed by atoms with Crippen LogP contribution in [0.1, 0.15) is 46.6 Å². The van der Waals surface area contributed by atoms with Gasteiger partial charge in [0.2, 0.25) is 0 Å². The van der Waals surface area contributed by atoms with Crippen LogP contribution in [0.3, 0.4) is 0 Å². The molecular weight excluding hydrogens is 456 g/mol. The highest BCUT2D eigenvalue weighted by molar-refractivity contribution is 6.30. The molecule has 0 spiro atoms. The Bertz CT molecular complexity index is 1450. The molecule has 5 heteroatoms. The first-order valence-corrected chi connectivity index (χ1v) is 12.2. The molecule has 178 valence electrons. The van der Waals surface area contributed by atoms with E-state index in [1.165, 1.54) is 6.07 Å². The molecule has 0 aliphatic rings. The molecule has 0 atom stereocenters. The molecule has 0 saturated carbocycles. The van der Waals surface area contributed by atoms with Gasteiger partial charge in [-0.05, 0) is 67.6 Å². The van der Waals surface area contributed by atoms with Crippen LogP contribution in [-0.4, -0.2) is 10.5 Å². The van der Waals surface area contributed by atoms with Crippen LogP contribution in [0.4, 0.5) is 5.69 Å². The molecule has 0 fully saturated rings. The Labute approximate surface area is 211 Å². The summed E-state index contributed by atoms with van der Waals surface area (Å²) in [5.74, 6) is -0.419. The number of carbonyl (C=O) groups is 1. The largest absolute Gasteiger partial charge is 0.321 e. The van der Waals surface area contributed by atoms with Gasteiger partial charge in [-0.25, -0.2) is 0 Å². The lowest BCUT2D eigenvalue weighted by Crippen LogP contribution is -2.27. The molecule has 0 bridgehead atoms. The van der Waals surface area contributed by atoms with Gasteiger partial charge in [-0.3, -0.25) is 9.59 Å². The summed E-state index contributed by atoms with van der Waals surface area (Å²) in [5.41, 5.74) is 6.51. The van der Waals surface area contributed by atoms with Crippen molar-refractivity contribution in [1.29, 1.82) is 0 Å². The van der Waals surface area contributed by atoms with Crippen LogP contribution in [0.15, 0.2) is 77.6 Å².